The summed E-state index contributed by atoms with van der Waals surface area (Å²) in [7, 11) is 0. The molecule has 2 aromatic carbocycles. The molecular formula is C16H16N2O2. The molecule has 0 saturated carbocycles. The second kappa shape index (κ2) is 4.65. The Kier molecular flexibility index (Phi) is 2.95. The topological polar surface area (TPSA) is 68.2 Å². The van der Waals surface area contributed by atoms with Crippen LogP contribution < -0.4 is 5.73 Å². The minimum Gasteiger partial charge on any atom is -0.480 e. The third-order valence-electron chi connectivity index (χ3n) is 3.74. The lowest BCUT2D eigenvalue weighted by Gasteiger charge is -2.07. The Morgan fingerprint density at radius 1 is 1.20 bits per heavy atom. The average Bonchev–Trinajstić information content (AvgIpc) is 2.79. The minimum absolute atomic E-state index is 0.629. The van der Waals surface area contributed by atoms with Crippen molar-refractivity contribution in [2.75, 3.05) is 0 Å². The van der Waals surface area contributed by atoms with Gasteiger partial charge >= 0.3 is 5.97 Å². The summed E-state index contributed by atoms with van der Waals surface area (Å²) in [6, 6.07) is 12.8. The summed E-state index contributed by atoms with van der Waals surface area (Å²) in [5.74, 6) is -1.01. The molecule has 0 fully saturated rings. The van der Waals surface area contributed by atoms with Crippen LogP contribution in [0.25, 0.3) is 21.8 Å². The van der Waals surface area contributed by atoms with Crippen molar-refractivity contribution in [1.82, 2.24) is 4.57 Å². The van der Waals surface area contributed by atoms with Gasteiger partial charge in [0.05, 0.1) is 0 Å². The molecule has 0 saturated heterocycles. The number of aromatic nitrogens is 1. The first-order valence-electron chi connectivity index (χ1n) is 6.62. The van der Waals surface area contributed by atoms with Crippen LogP contribution in [0.4, 0.5) is 0 Å². The summed E-state index contributed by atoms with van der Waals surface area (Å²) in [4.78, 5) is 11.0. The maximum absolute atomic E-state index is 11.0. The van der Waals surface area contributed by atoms with E-state index in [0.717, 1.165) is 28.4 Å². The van der Waals surface area contributed by atoms with Gasteiger partial charge in [-0.2, -0.15) is 0 Å². The van der Waals surface area contributed by atoms with Gasteiger partial charge in [0.25, 0.3) is 0 Å². The molecule has 4 nitrogen and oxygen atoms in total. The van der Waals surface area contributed by atoms with Crippen molar-refractivity contribution in [2.24, 2.45) is 5.73 Å². The van der Waals surface area contributed by atoms with Crippen molar-refractivity contribution in [2.45, 2.75) is 19.5 Å². The maximum Gasteiger partial charge on any atom is 0.325 e. The lowest BCUT2D eigenvalue weighted by Crippen LogP contribution is -2.20. The molecule has 102 valence electrons. The average molecular weight is 268 g/mol. The number of carbonyl (C=O) groups is 1. The Bertz CT molecular complexity index is 805. The van der Waals surface area contributed by atoms with Gasteiger partial charge in [0.15, 0.2) is 0 Å². The molecule has 0 bridgehead atoms. The largest absolute Gasteiger partial charge is 0.480 e. The second-order valence-electron chi connectivity index (χ2n) is 4.85. The van der Waals surface area contributed by atoms with Crippen molar-refractivity contribution in [3.63, 3.8) is 0 Å². The quantitative estimate of drug-likeness (QED) is 0.767. The number of aryl methyl sites for hydroxylation is 1. The first-order chi connectivity index (χ1) is 9.63. The number of rotatable bonds is 3. The fraction of sp³-hybridized carbons (Fsp3) is 0.188. The fourth-order valence-electron chi connectivity index (χ4n) is 2.75. The predicted molar refractivity (Wildman–Crippen MR) is 79.7 cm³/mol. The molecule has 0 unspecified atom stereocenters. The van der Waals surface area contributed by atoms with Crippen molar-refractivity contribution in [3.8, 4) is 0 Å². The predicted octanol–water partition coefficient (Wildman–Crippen LogP) is 2.90. The number of fused-ring (bicyclic) bond motifs is 3. The van der Waals surface area contributed by atoms with E-state index in [2.05, 4.69) is 23.6 Å². The Morgan fingerprint density at radius 2 is 1.90 bits per heavy atom. The van der Waals surface area contributed by atoms with E-state index >= 15 is 0 Å². The first-order valence-corrected chi connectivity index (χ1v) is 6.62. The van der Waals surface area contributed by atoms with E-state index in [-0.39, 0.29) is 0 Å². The maximum atomic E-state index is 11.0. The Morgan fingerprint density at radius 3 is 2.60 bits per heavy atom. The van der Waals surface area contributed by atoms with E-state index < -0.39 is 12.0 Å². The number of aliphatic carboxylic acids is 1. The molecule has 0 spiro atoms. The Balaban J connectivity index is 2.34. The fourth-order valence-corrected chi connectivity index (χ4v) is 2.75. The van der Waals surface area contributed by atoms with Gasteiger partial charge in [-0.3, -0.25) is 4.79 Å². The number of nitrogens with zero attached hydrogens (tertiary/aromatic N) is 1. The van der Waals surface area contributed by atoms with Crippen LogP contribution in [0.3, 0.4) is 0 Å². The molecule has 0 radical (unpaired) electrons. The summed E-state index contributed by atoms with van der Waals surface area (Å²) >= 11 is 0. The molecule has 0 amide bonds. The molecule has 0 aliphatic heterocycles. The number of nitrogens with two attached hydrogens (primary N) is 1. The van der Waals surface area contributed by atoms with Gasteiger partial charge in [-0.1, -0.05) is 24.3 Å². The highest BCUT2D eigenvalue weighted by atomic mass is 16.4. The number of hydrogen-bond acceptors (Lipinski definition) is 2. The van der Waals surface area contributed by atoms with Crippen molar-refractivity contribution < 1.29 is 9.90 Å². The molecule has 0 aliphatic rings. The van der Waals surface area contributed by atoms with Crippen LogP contribution in [0.5, 0.6) is 0 Å². The van der Waals surface area contributed by atoms with Crippen LogP contribution >= 0.6 is 0 Å². The molecule has 3 rings (SSSR count). The van der Waals surface area contributed by atoms with Crippen molar-refractivity contribution >= 4 is 27.8 Å². The Labute approximate surface area is 116 Å². The van der Waals surface area contributed by atoms with Crippen molar-refractivity contribution in [1.29, 1.82) is 0 Å². The van der Waals surface area contributed by atoms with Gasteiger partial charge in [0.2, 0.25) is 0 Å². The van der Waals surface area contributed by atoms with E-state index in [9.17, 15) is 4.79 Å². The van der Waals surface area contributed by atoms with Crippen LogP contribution in [-0.4, -0.2) is 15.6 Å². The number of carboxylic acid groups (broad SMARTS) is 1. The Hall–Kier alpha value is -2.33. The van der Waals surface area contributed by atoms with Gasteiger partial charge in [0.1, 0.15) is 6.04 Å². The van der Waals surface area contributed by atoms with Crippen LogP contribution in [0.2, 0.25) is 0 Å². The van der Waals surface area contributed by atoms with Crippen LogP contribution in [0, 0.1) is 0 Å². The summed E-state index contributed by atoms with van der Waals surface area (Å²) in [6.07, 6.45) is 0. The van der Waals surface area contributed by atoms with Crippen LogP contribution in [0.15, 0.2) is 42.5 Å². The lowest BCUT2D eigenvalue weighted by atomic mass is 10.0. The standard InChI is InChI=1S/C16H16N2O2/c1-2-18-13-6-4-3-5-11(13)12-9-10(7-8-14(12)18)15(17)16(19)20/h3-9,15H,2,17H2,1H3,(H,19,20)/t15-/m1/s1. The van der Waals surface area contributed by atoms with E-state index in [0.29, 0.717) is 5.56 Å². The van der Waals surface area contributed by atoms with E-state index in [1.807, 2.05) is 24.3 Å². The summed E-state index contributed by atoms with van der Waals surface area (Å²) < 4.78 is 2.22. The van der Waals surface area contributed by atoms with Crippen LogP contribution in [0.1, 0.15) is 18.5 Å². The molecule has 20 heavy (non-hydrogen) atoms. The molecule has 3 aromatic rings. The SMILES string of the molecule is CCn1c2ccccc2c2cc([C@@H](N)C(=O)O)ccc21. The normalized spacial score (nSPS) is 12.9. The van der Waals surface area contributed by atoms with Crippen LogP contribution in [-0.2, 0) is 11.3 Å². The smallest absolute Gasteiger partial charge is 0.325 e. The highest BCUT2D eigenvalue weighted by molar-refractivity contribution is 6.08. The third-order valence-corrected chi connectivity index (χ3v) is 3.74. The third kappa shape index (κ3) is 1.77. The zero-order valence-corrected chi connectivity index (χ0v) is 11.2. The number of para-hydroxylation sites is 1. The highest BCUT2D eigenvalue weighted by Crippen LogP contribution is 2.30. The zero-order valence-electron chi connectivity index (χ0n) is 11.2. The molecule has 0 aliphatic carbocycles. The van der Waals surface area contributed by atoms with Gasteiger partial charge < -0.3 is 15.4 Å². The second-order valence-corrected chi connectivity index (χ2v) is 4.85. The highest BCUT2D eigenvalue weighted by Gasteiger charge is 2.16. The van der Waals surface area contributed by atoms with Gasteiger partial charge in [-0.05, 0) is 30.7 Å². The first kappa shape index (κ1) is 12.7. The number of hydrogen-bond donors (Lipinski definition) is 2. The number of benzene rings is 2. The van der Waals surface area contributed by atoms with E-state index in [4.69, 9.17) is 10.8 Å². The molecule has 3 N–H and O–H groups in total. The molecule has 4 heteroatoms. The van der Waals surface area contributed by atoms with Gasteiger partial charge in [-0.15, -0.1) is 0 Å². The number of carboxylic acids is 1. The molecule has 1 aromatic heterocycles. The van der Waals surface area contributed by atoms with Gasteiger partial charge in [-0.25, -0.2) is 0 Å². The summed E-state index contributed by atoms with van der Waals surface area (Å²) in [5, 5.41) is 11.2. The molecule has 1 atom stereocenters. The summed E-state index contributed by atoms with van der Waals surface area (Å²) in [6.45, 7) is 2.97. The minimum atomic E-state index is -1.01. The lowest BCUT2D eigenvalue weighted by molar-refractivity contribution is -0.138. The van der Waals surface area contributed by atoms with E-state index in [1.54, 1.807) is 6.07 Å². The monoisotopic (exact) mass is 268 g/mol. The molecule has 1 heterocycles. The summed E-state index contributed by atoms with van der Waals surface area (Å²) in [5.41, 5.74) is 8.60. The van der Waals surface area contributed by atoms with Gasteiger partial charge in [0, 0.05) is 28.4 Å². The van der Waals surface area contributed by atoms with E-state index in [1.165, 1.54) is 0 Å². The van der Waals surface area contributed by atoms with Crippen molar-refractivity contribution in [3.05, 3.63) is 48.0 Å². The zero-order chi connectivity index (χ0) is 14.3. The molecular weight excluding hydrogens is 252 g/mol.